The molecule has 0 N–H and O–H groups in total. The Balaban J connectivity index is 1.63. The van der Waals surface area contributed by atoms with Crippen LogP contribution in [-0.4, -0.2) is 8.07 Å². The van der Waals surface area contributed by atoms with Gasteiger partial charge in [-0.2, -0.15) is 4.57 Å². The highest BCUT2D eigenvalue weighted by molar-refractivity contribution is 6.88. The first-order valence-corrected chi connectivity index (χ1v) is 16.6. The summed E-state index contributed by atoms with van der Waals surface area (Å²) in [5, 5.41) is 2.53. The van der Waals surface area contributed by atoms with Crippen molar-refractivity contribution < 1.29 is 17.8 Å². The molecule has 0 unspecified atom stereocenters. The van der Waals surface area contributed by atoms with Crippen LogP contribution < -0.4 is 9.75 Å². The first-order chi connectivity index (χ1) is 18.6. The third-order valence-electron chi connectivity index (χ3n) is 7.52. The minimum atomic E-state index is -1.94. The zero-order valence-corrected chi connectivity index (χ0v) is 23.8. The van der Waals surface area contributed by atoms with E-state index in [2.05, 4.69) is 25.7 Å². The molecule has 6 rings (SSSR count). The number of aromatic nitrogens is 1. The zero-order valence-electron chi connectivity index (χ0n) is 22.8. The Bertz CT molecular complexity index is 1880. The zero-order chi connectivity index (χ0) is 27.5. The Morgan fingerprint density at radius 3 is 2.03 bits per heavy atom. The van der Waals surface area contributed by atoms with E-state index < -0.39 is 8.07 Å². The number of pyridine rings is 1. The first-order valence-electron chi connectivity index (χ1n) is 13.1. The van der Waals surface area contributed by atoms with Gasteiger partial charge in [-0.1, -0.05) is 80.3 Å². The van der Waals surface area contributed by atoms with Crippen molar-refractivity contribution in [1.82, 2.24) is 0 Å². The maximum atomic E-state index is 15.6. The van der Waals surface area contributed by atoms with Crippen molar-refractivity contribution in [3.05, 3.63) is 108 Å². The van der Waals surface area contributed by atoms with Gasteiger partial charge in [-0.3, -0.25) is 0 Å². The van der Waals surface area contributed by atoms with Gasteiger partial charge in [-0.05, 0) is 52.6 Å². The molecule has 39 heavy (non-hydrogen) atoms. The van der Waals surface area contributed by atoms with Gasteiger partial charge >= 0.3 is 0 Å². The lowest BCUT2D eigenvalue weighted by molar-refractivity contribution is -0.661. The molecular formula is C34H30F2NOSi+. The number of halogens is 2. The van der Waals surface area contributed by atoms with Crippen LogP contribution in [0.15, 0.2) is 95.5 Å². The minimum absolute atomic E-state index is 0.183. The third-order valence-corrected chi connectivity index (χ3v) is 9.51. The molecule has 0 radical (unpaired) electrons. The second-order valence-electron chi connectivity index (χ2n) is 11.3. The number of rotatable bonds is 4. The van der Waals surface area contributed by atoms with Gasteiger partial charge in [0.25, 0.3) is 0 Å². The van der Waals surface area contributed by atoms with Gasteiger partial charge in [0.2, 0.25) is 11.9 Å². The summed E-state index contributed by atoms with van der Waals surface area (Å²) in [6.45, 7) is 8.46. The lowest BCUT2D eigenvalue weighted by atomic mass is 9.96. The van der Waals surface area contributed by atoms with Crippen LogP contribution in [0, 0.1) is 18.6 Å². The molecule has 2 nitrogen and oxygen atoms in total. The average molecular weight is 535 g/mol. The Morgan fingerprint density at radius 2 is 1.31 bits per heavy atom. The van der Waals surface area contributed by atoms with Gasteiger partial charge < -0.3 is 4.42 Å². The quantitative estimate of drug-likeness (QED) is 0.164. The standard InChI is InChI=1S/C34H30F2NOSi/c1-21-14-15-25-26-16-17-27(35)32(24-13-9-12-23(18-24)22-10-7-6-8-11-22)34(26)38-33(25)31(21)29-19-30(39(3,4)5)28(36)20-37(29)2/h6-20H,1-5H3/q+1. The number of hydrogen-bond acceptors (Lipinski definition) is 1. The highest BCUT2D eigenvalue weighted by Crippen LogP contribution is 2.42. The fourth-order valence-corrected chi connectivity index (χ4v) is 6.84. The van der Waals surface area contributed by atoms with E-state index in [1.54, 1.807) is 12.3 Å². The lowest BCUT2D eigenvalue weighted by Crippen LogP contribution is -2.44. The summed E-state index contributed by atoms with van der Waals surface area (Å²) in [5.74, 6) is -0.518. The molecular weight excluding hydrogens is 504 g/mol. The van der Waals surface area contributed by atoms with Gasteiger partial charge in [0.15, 0.2) is 5.82 Å². The second-order valence-corrected chi connectivity index (χ2v) is 16.3. The van der Waals surface area contributed by atoms with Crippen molar-refractivity contribution in [1.29, 1.82) is 0 Å². The molecule has 4 aromatic carbocycles. The molecule has 0 aliphatic rings. The summed E-state index contributed by atoms with van der Waals surface area (Å²) in [4.78, 5) is 0. The van der Waals surface area contributed by atoms with Crippen molar-refractivity contribution in [2.75, 3.05) is 0 Å². The topological polar surface area (TPSA) is 17.0 Å². The number of aryl methyl sites for hydroxylation is 2. The van der Waals surface area contributed by atoms with Crippen LogP contribution in [0.25, 0.3) is 55.4 Å². The van der Waals surface area contributed by atoms with Crippen LogP contribution in [-0.2, 0) is 7.05 Å². The highest BCUT2D eigenvalue weighted by Gasteiger charge is 2.29. The van der Waals surface area contributed by atoms with E-state index in [0.29, 0.717) is 16.7 Å². The van der Waals surface area contributed by atoms with Crippen molar-refractivity contribution in [3.8, 4) is 33.5 Å². The average Bonchev–Trinajstić information content (AvgIpc) is 3.27. The number of benzene rings is 4. The summed E-state index contributed by atoms with van der Waals surface area (Å²) in [7, 11) is -0.0896. The molecule has 0 aliphatic heterocycles. The number of fused-ring (bicyclic) bond motifs is 3. The molecule has 2 aromatic heterocycles. The summed E-state index contributed by atoms with van der Waals surface area (Å²) >= 11 is 0. The number of furan rings is 1. The van der Waals surface area contributed by atoms with Gasteiger partial charge in [0.05, 0.1) is 19.2 Å². The molecule has 6 aromatic rings. The Labute approximate surface area is 228 Å². The van der Waals surface area contributed by atoms with E-state index in [9.17, 15) is 0 Å². The van der Waals surface area contributed by atoms with E-state index in [-0.39, 0.29) is 11.6 Å². The van der Waals surface area contributed by atoms with Crippen LogP contribution in [0.1, 0.15) is 5.56 Å². The smallest absolute Gasteiger partial charge is 0.216 e. The van der Waals surface area contributed by atoms with Crippen molar-refractivity contribution in [2.45, 2.75) is 26.6 Å². The molecule has 0 saturated heterocycles. The molecule has 2 heterocycles. The van der Waals surface area contributed by atoms with E-state index in [4.69, 9.17) is 4.42 Å². The van der Waals surface area contributed by atoms with Crippen molar-refractivity contribution in [2.24, 2.45) is 7.05 Å². The second kappa shape index (κ2) is 9.28. The van der Waals surface area contributed by atoms with Crippen LogP contribution in [0.5, 0.6) is 0 Å². The normalized spacial score (nSPS) is 12.0. The van der Waals surface area contributed by atoms with Crippen LogP contribution in [0.4, 0.5) is 8.78 Å². The maximum absolute atomic E-state index is 15.6. The summed E-state index contributed by atoms with van der Waals surface area (Å²) in [5.41, 5.74) is 7.25. The molecule has 0 amide bonds. The van der Waals surface area contributed by atoms with Gasteiger partial charge in [-0.25, -0.2) is 8.78 Å². The van der Waals surface area contributed by atoms with Crippen LogP contribution in [0.2, 0.25) is 19.6 Å². The van der Waals surface area contributed by atoms with E-state index in [1.807, 2.05) is 85.3 Å². The first kappa shape index (κ1) is 25.2. The number of hydrogen-bond donors (Lipinski definition) is 0. The Kier molecular flexibility index (Phi) is 6.00. The molecule has 0 saturated carbocycles. The predicted molar refractivity (Wildman–Crippen MR) is 159 cm³/mol. The fourth-order valence-electron chi connectivity index (χ4n) is 5.49. The van der Waals surface area contributed by atoms with Gasteiger partial charge in [-0.15, -0.1) is 0 Å². The van der Waals surface area contributed by atoms with Crippen LogP contribution >= 0.6 is 0 Å². The summed E-state index contributed by atoms with van der Waals surface area (Å²) in [6, 6.07) is 27.3. The minimum Gasteiger partial charge on any atom is -0.454 e. The fraction of sp³-hybridized carbons (Fsp3) is 0.147. The van der Waals surface area contributed by atoms with Crippen molar-refractivity contribution >= 4 is 35.2 Å². The van der Waals surface area contributed by atoms with E-state index >= 15 is 8.78 Å². The highest BCUT2D eigenvalue weighted by atomic mass is 28.3. The third kappa shape index (κ3) is 4.27. The molecule has 0 spiro atoms. The lowest BCUT2D eigenvalue weighted by Gasteiger charge is -2.17. The molecule has 0 aliphatic carbocycles. The summed E-state index contributed by atoms with van der Waals surface area (Å²) < 4.78 is 39.0. The monoisotopic (exact) mass is 534 g/mol. The SMILES string of the molecule is Cc1ccc2c(oc3c(-c4cccc(-c5ccccc5)c4)c(F)ccc32)c1-c1cc([Si](C)(C)C)c(F)c[n+]1C. The summed E-state index contributed by atoms with van der Waals surface area (Å²) in [6.07, 6.45) is 1.56. The molecule has 0 atom stereocenters. The van der Waals surface area contributed by atoms with E-state index in [0.717, 1.165) is 49.5 Å². The molecule has 5 heteroatoms. The molecule has 0 fully saturated rings. The predicted octanol–water partition coefficient (Wildman–Crippen LogP) is 8.54. The maximum Gasteiger partial charge on any atom is 0.216 e. The largest absolute Gasteiger partial charge is 0.454 e. The molecule has 0 bridgehead atoms. The Morgan fingerprint density at radius 1 is 0.667 bits per heavy atom. The van der Waals surface area contributed by atoms with Gasteiger partial charge in [0, 0.05) is 16.8 Å². The van der Waals surface area contributed by atoms with E-state index in [1.165, 1.54) is 6.07 Å². The Hall–Kier alpha value is -4.09. The van der Waals surface area contributed by atoms with Gasteiger partial charge in [0.1, 0.15) is 24.0 Å². The number of nitrogens with zero attached hydrogens (tertiary/aromatic N) is 1. The molecule has 194 valence electrons. The van der Waals surface area contributed by atoms with Crippen LogP contribution in [0.3, 0.4) is 0 Å². The van der Waals surface area contributed by atoms with Crippen molar-refractivity contribution in [3.63, 3.8) is 0 Å².